The van der Waals surface area contributed by atoms with Gasteiger partial charge in [0.25, 0.3) is 0 Å². The number of thioether (sulfide) groups is 1. The molecule has 0 saturated heterocycles. The van der Waals surface area contributed by atoms with Crippen LogP contribution in [0.2, 0.25) is 0 Å². The fourth-order valence-electron chi connectivity index (χ4n) is 1.64. The van der Waals surface area contributed by atoms with Crippen LogP contribution in [-0.2, 0) is 11.2 Å². The van der Waals surface area contributed by atoms with Crippen molar-refractivity contribution >= 4 is 28.2 Å². The van der Waals surface area contributed by atoms with Crippen LogP contribution < -0.4 is 0 Å². The SMILES string of the molecule is CCCCCCc1ccsc1C#CCSC(C)=O. The summed E-state index contributed by atoms with van der Waals surface area (Å²) in [5.74, 6) is 6.85. The van der Waals surface area contributed by atoms with E-state index >= 15 is 0 Å². The molecule has 18 heavy (non-hydrogen) atoms. The van der Waals surface area contributed by atoms with E-state index in [9.17, 15) is 4.79 Å². The number of rotatable bonds is 6. The largest absolute Gasteiger partial charge is 0.288 e. The predicted molar refractivity (Wildman–Crippen MR) is 82.2 cm³/mol. The van der Waals surface area contributed by atoms with Gasteiger partial charge in [-0.3, -0.25) is 4.79 Å². The van der Waals surface area contributed by atoms with E-state index in [2.05, 4.69) is 30.2 Å². The first kappa shape index (κ1) is 15.3. The summed E-state index contributed by atoms with van der Waals surface area (Å²) >= 11 is 2.98. The number of unbranched alkanes of at least 4 members (excludes halogenated alkanes) is 3. The van der Waals surface area contributed by atoms with E-state index in [1.54, 1.807) is 18.3 Å². The molecule has 0 aliphatic rings. The van der Waals surface area contributed by atoms with Crippen molar-refractivity contribution in [3.05, 3.63) is 21.9 Å². The van der Waals surface area contributed by atoms with Crippen molar-refractivity contribution < 1.29 is 4.79 Å². The topological polar surface area (TPSA) is 17.1 Å². The van der Waals surface area contributed by atoms with Gasteiger partial charge in [0, 0.05) is 6.92 Å². The summed E-state index contributed by atoms with van der Waals surface area (Å²) in [5, 5.41) is 2.24. The molecule has 1 rings (SSSR count). The van der Waals surface area contributed by atoms with Crippen molar-refractivity contribution in [1.29, 1.82) is 0 Å². The van der Waals surface area contributed by atoms with Crippen LogP contribution in [0.25, 0.3) is 0 Å². The first-order valence-electron chi connectivity index (χ1n) is 6.42. The lowest BCUT2D eigenvalue weighted by atomic mass is 10.1. The van der Waals surface area contributed by atoms with Gasteiger partial charge in [-0.05, 0) is 29.9 Å². The summed E-state index contributed by atoms with van der Waals surface area (Å²) in [7, 11) is 0. The van der Waals surface area contributed by atoms with Crippen LogP contribution in [-0.4, -0.2) is 10.9 Å². The first-order valence-corrected chi connectivity index (χ1v) is 8.29. The Balaban J connectivity index is 2.41. The van der Waals surface area contributed by atoms with Crippen molar-refractivity contribution in [1.82, 2.24) is 0 Å². The third kappa shape index (κ3) is 6.28. The van der Waals surface area contributed by atoms with Crippen molar-refractivity contribution in [3.8, 4) is 11.8 Å². The monoisotopic (exact) mass is 280 g/mol. The maximum Gasteiger partial charge on any atom is 0.186 e. The van der Waals surface area contributed by atoms with E-state index in [-0.39, 0.29) is 5.12 Å². The smallest absolute Gasteiger partial charge is 0.186 e. The lowest BCUT2D eigenvalue weighted by molar-refractivity contribution is -0.109. The van der Waals surface area contributed by atoms with Gasteiger partial charge in [0.1, 0.15) is 0 Å². The highest BCUT2D eigenvalue weighted by molar-refractivity contribution is 8.13. The molecule has 3 heteroatoms. The molecule has 1 heterocycles. The van der Waals surface area contributed by atoms with Crippen LogP contribution in [0.4, 0.5) is 0 Å². The molecule has 0 saturated carbocycles. The second kappa shape index (κ2) is 9.24. The number of carbonyl (C=O) groups excluding carboxylic acids is 1. The highest BCUT2D eigenvalue weighted by atomic mass is 32.2. The number of hydrogen-bond donors (Lipinski definition) is 0. The van der Waals surface area contributed by atoms with E-state index in [1.165, 1.54) is 47.9 Å². The quantitative estimate of drug-likeness (QED) is 0.563. The Morgan fingerprint density at radius 3 is 2.94 bits per heavy atom. The minimum absolute atomic E-state index is 0.135. The van der Waals surface area contributed by atoms with E-state index in [4.69, 9.17) is 0 Å². The number of carbonyl (C=O) groups is 1. The summed E-state index contributed by atoms with van der Waals surface area (Å²) in [4.78, 5) is 11.9. The highest BCUT2D eigenvalue weighted by Gasteiger charge is 2.01. The lowest BCUT2D eigenvalue weighted by Gasteiger charge is -1.98. The van der Waals surface area contributed by atoms with Gasteiger partial charge in [-0.1, -0.05) is 49.8 Å². The van der Waals surface area contributed by atoms with Gasteiger partial charge in [-0.2, -0.15) is 0 Å². The molecular formula is C15H20OS2. The van der Waals surface area contributed by atoms with Gasteiger partial charge in [-0.25, -0.2) is 0 Å². The van der Waals surface area contributed by atoms with E-state index in [0.717, 1.165) is 6.42 Å². The van der Waals surface area contributed by atoms with Gasteiger partial charge in [0.2, 0.25) is 0 Å². The first-order chi connectivity index (χ1) is 8.74. The van der Waals surface area contributed by atoms with Gasteiger partial charge in [0.15, 0.2) is 5.12 Å². The maximum atomic E-state index is 10.8. The zero-order chi connectivity index (χ0) is 13.2. The second-order valence-electron chi connectivity index (χ2n) is 4.17. The van der Waals surface area contributed by atoms with Gasteiger partial charge < -0.3 is 0 Å². The molecule has 0 aliphatic carbocycles. The van der Waals surface area contributed by atoms with Crippen molar-refractivity contribution in [2.75, 3.05) is 5.75 Å². The summed E-state index contributed by atoms with van der Waals surface area (Å²) in [6.45, 7) is 3.81. The van der Waals surface area contributed by atoms with Gasteiger partial charge in [0.05, 0.1) is 10.6 Å². The number of aryl methyl sites for hydroxylation is 1. The van der Waals surface area contributed by atoms with Crippen molar-refractivity contribution in [3.63, 3.8) is 0 Å². The molecule has 1 aromatic heterocycles. The van der Waals surface area contributed by atoms with Gasteiger partial charge >= 0.3 is 0 Å². The number of thiophene rings is 1. The normalized spacial score (nSPS) is 9.89. The summed E-state index contributed by atoms with van der Waals surface area (Å²) in [6.07, 6.45) is 6.28. The summed E-state index contributed by atoms with van der Waals surface area (Å²) in [6, 6.07) is 2.18. The molecule has 0 fully saturated rings. The summed E-state index contributed by atoms with van der Waals surface area (Å²) in [5.41, 5.74) is 1.37. The Morgan fingerprint density at radius 1 is 1.39 bits per heavy atom. The molecule has 0 aliphatic heterocycles. The highest BCUT2D eigenvalue weighted by Crippen LogP contribution is 2.18. The molecule has 0 radical (unpaired) electrons. The molecule has 0 unspecified atom stereocenters. The van der Waals surface area contributed by atoms with Crippen molar-refractivity contribution in [2.45, 2.75) is 46.0 Å². The van der Waals surface area contributed by atoms with E-state index in [1.807, 2.05) is 0 Å². The van der Waals surface area contributed by atoms with Crippen LogP contribution in [0.15, 0.2) is 11.4 Å². The van der Waals surface area contributed by atoms with Crippen LogP contribution >= 0.6 is 23.1 Å². The fraction of sp³-hybridized carbons (Fsp3) is 0.533. The lowest BCUT2D eigenvalue weighted by Crippen LogP contribution is -1.86. The Kier molecular flexibility index (Phi) is 7.88. The molecule has 0 bridgehead atoms. The zero-order valence-corrected chi connectivity index (χ0v) is 12.8. The molecular weight excluding hydrogens is 260 g/mol. The number of hydrogen-bond acceptors (Lipinski definition) is 3. The summed E-state index contributed by atoms with van der Waals surface area (Å²) < 4.78 is 0. The van der Waals surface area contributed by atoms with Crippen molar-refractivity contribution in [2.24, 2.45) is 0 Å². The Hall–Kier alpha value is -0.720. The molecule has 98 valence electrons. The van der Waals surface area contributed by atoms with E-state index in [0.29, 0.717) is 5.75 Å². The Bertz CT molecular complexity index is 423. The minimum Gasteiger partial charge on any atom is -0.288 e. The average Bonchev–Trinajstić information content (AvgIpc) is 2.78. The third-order valence-corrected chi connectivity index (χ3v) is 4.16. The average molecular weight is 280 g/mol. The third-order valence-electron chi connectivity index (χ3n) is 2.60. The molecule has 0 N–H and O–H groups in total. The Labute approximate surface area is 118 Å². The maximum absolute atomic E-state index is 10.8. The van der Waals surface area contributed by atoms with Crippen LogP contribution in [0.1, 0.15) is 50.0 Å². The Morgan fingerprint density at radius 2 is 2.22 bits per heavy atom. The van der Waals surface area contributed by atoms with Gasteiger partial charge in [-0.15, -0.1) is 11.3 Å². The van der Waals surface area contributed by atoms with Crippen LogP contribution in [0.5, 0.6) is 0 Å². The van der Waals surface area contributed by atoms with E-state index < -0.39 is 0 Å². The van der Waals surface area contributed by atoms with Crippen LogP contribution in [0, 0.1) is 11.8 Å². The molecule has 1 nitrogen and oxygen atoms in total. The molecule has 0 amide bonds. The predicted octanol–water partition coefficient (Wildman–Crippen LogP) is 4.50. The van der Waals surface area contributed by atoms with Crippen LogP contribution in [0.3, 0.4) is 0 Å². The molecule has 0 atom stereocenters. The molecule has 1 aromatic rings. The molecule has 0 aromatic carbocycles. The zero-order valence-electron chi connectivity index (χ0n) is 11.1. The standard InChI is InChI=1S/C15H20OS2/c1-3-4-5-6-8-14-10-12-18-15(14)9-7-11-17-13(2)16/h10,12H,3-6,8,11H2,1-2H3. The second-order valence-corrected chi connectivity index (χ2v) is 6.24. The fourth-order valence-corrected chi connectivity index (χ4v) is 2.81. The minimum atomic E-state index is 0.135. The molecule has 0 spiro atoms.